The smallest absolute Gasteiger partial charge is 0.654 e. The van der Waals surface area contributed by atoms with E-state index < -0.39 is 23.8 Å². The first-order valence-corrected chi connectivity index (χ1v) is 13.1. The third-order valence-corrected chi connectivity index (χ3v) is 6.00. The molecule has 230 valence electrons. The van der Waals surface area contributed by atoms with Crippen LogP contribution in [-0.4, -0.2) is 18.1 Å². The van der Waals surface area contributed by atoms with Gasteiger partial charge in [0.2, 0.25) is 0 Å². The van der Waals surface area contributed by atoms with E-state index in [1.807, 2.05) is 0 Å². The quantitative estimate of drug-likeness (QED) is 0.163. The molecule has 0 aliphatic carbocycles. The summed E-state index contributed by atoms with van der Waals surface area (Å²) in [5, 5.41) is 11.2. The van der Waals surface area contributed by atoms with Gasteiger partial charge in [-0.05, 0) is 40.9 Å². The van der Waals surface area contributed by atoms with Crippen molar-refractivity contribution in [3.63, 3.8) is 0 Å². The zero-order valence-corrected chi connectivity index (χ0v) is 25.7. The van der Waals surface area contributed by atoms with E-state index in [9.17, 15) is 26.3 Å². The molecule has 0 heterocycles. The van der Waals surface area contributed by atoms with Gasteiger partial charge >= 0.3 is 29.4 Å². The van der Waals surface area contributed by atoms with Crippen molar-refractivity contribution in [2.75, 3.05) is 0 Å². The first kappa shape index (κ1) is 38.2. The van der Waals surface area contributed by atoms with Gasteiger partial charge < -0.3 is 5.32 Å². The monoisotopic (exact) mass is 629 g/mol. The molecule has 41 heavy (non-hydrogen) atoms. The molecule has 2 aromatic carbocycles. The molecule has 0 amide bonds. The van der Waals surface area contributed by atoms with E-state index in [0.29, 0.717) is 22.3 Å². The topological polar surface area (TPSA) is 50.2 Å². The number of nitrogens with zero attached hydrogens (tertiary/aromatic N) is 3. The Bertz CT molecular complexity index is 1180. The van der Waals surface area contributed by atoms with Crippen LogP contribution < -0.4 is 0 Å². The van der Waals surface area contributed by atoms with E-state index in [1.54, 1.807) is 97.9 Å². The molecule has 0 bridgehead atoms. The van der Waals surface area contributed by atoms with E-state index in [0.717, 1.165) is 0 Å². The van der Waals surface area contributed by atoms with Gasteiger partial charge in [-0.3, -0.25) is 0 Å². The zero-order chi connectivity index (χ0) is 31.0. The van der Waals surface area contributed by atoms with Gasteiger partial charge in [-0.2, -0.15) is 31.6 Å². The first-order chi connectivity index (χ1) is 18.4. The molecule has 0 radical (unpaired) electrons. The second-order valence-electron chi connectivity index (χ2n) is 10.5. The van der Waals surface area contributed by atoms with E-state index in [2.05, 4.69) is 10.3 Å². The molecule has 0 atom stereocenters. The second-order valence-corrected chi connectivity index (χ2v) is 10.5. The van der Waals surface area contributed by atoms with Gasteiger partial charge in [-0.1, -0.05) is 109 Å². The number of allylic oxidation sites excluding steroid dienone is 2. The summed E-state index contributed by atoms with van der Waals surface area (Å²) in [6.45, 7) is 15.8. The van der Waals surface area contributed by atoms with Gasteiger partial charge in [0.05, 0.1) is 11.8 Å². The van der Waals surface area contributed by atoms with Crippen LogP contribution in [0.25, 0.3) is 5.32 Å². The van der Waals surface area contributed by atoms with Crippen molar-refractivity contribution < 1.29 is 43.4 Å². The van der Waals surface area contributed by atoms with Crippen LogP contribution in [-0.2, 0) is 17.1 Å². The Hall–Kier alpha value is -2.76. The maximum Gasteiger partial charge on any atom is 1.00 e. The van der Waals surface area contributed by atoms with E-state index in [-0.39, 0.29) is 58.2 Å². The average Bonchev–Trinajstić information content (AvgIpc) is 2.81. The van der Waals surface area contributed by atoms with Crippen molar-refractivity contribution in [3.05, 3.63) is 75.7 Å². The fraction of sp³-hybridized carbons (Fsp3) is 0.484. The van der Waals surface area contributed by atoms with Crippen LogP contribution in [0.4, 0.5) is 37.7 Å². The minimum Gasteiger partial charge on any atom is -0.654 e. The van der Waals surface area contributed by atoms with E-state index in [1.165, 1.54) is 6.92 Å². The van der Waals surface area contributed by atoms with Gasteiger partial charge in [0.25, 0.3) is 0 Å². The molecule has 3 nitrogen and oxygen atoms in total. The van der Waals surface area contributed by atoms with Crippen LogP contribution in [0.15, 0.2) is 53.2 Å². The molecule has 2 aromatic rings. The van der Waals surface area contributed by atoms with Crippen molar-refractivity contribution in [3.8, 4) is 6.07 Å². The fourth-order valence-corrected chi connectivity index (χ4v) is 4.01. The van der Waals surface area contributed by atoms with Gasteiger partial charge in [-0.25, -0.2) is 4.99 Å². The Morgan fingerprint density at radius 2 is 1.07 bits per heavy atom. The maximum absolute atomic E-state index is 14.2. The normalized spacial score (nSPS) is 12.7. The van der Waals surface area contributed by atoms with Crippen molar-refractivity contribution in [2.24, 2.45) is 4.99 Å². The molecule has 0 spiro atoms. The Kier molecular flexibility index (Phi) is 14.9. The van der Waals surface area contributed by atoms with Crippen molar-refractivity contribution >= 4 is 17.1 Å². The molecule has 0 saturated heterocycles. The van der Waals surface area contributed by atoms with Crippen molar-refractivity contribution in [1.82, 2.24) is 0 Å². The van der Waals surface area contributed by atoms with E-state index >= 15 is 0 Å². The summed E-state index contributed by atoms with van der Waals surface area (Å²) in [4.78, 5) is 3.84. The van der Waals surface area contributed by atoms with Crippen molar-refractivity contribution in [1.29, 1.82) is 5.26 Å². The standard InChI is InChI=1S/C29H35F6N2.C2H3N.Cu/c1-16(2)20-11-9-12-21(17(3)4)26(20)36-24(28(30,31)32)15-25(29(33,34)35)37-27-22(18(5)6)13-10-14-23(27)19(7)8;1-2-3;/h9-19H,1-8H3;1H3;/q-1;;+1/b24-15-,37-25?;;. The van der Waals surface area contributed by atoms with Gasteiger partial charge in [0.15, 0.2) is 0 Å². The number of alkyl halides is 6. The minimum absolute atomic E-state index is 0. The summed E-state index contributed by atoms with van der Waals surface area (Å²) in [5.74, 6) is -0.744. The molecule has 0 aromatic heterocycles. The summed E-state index contributed by atoms with van der Waals surface area (Å²) in [6.07, 6.45) is -10.2. The predicted molar refractivity (Wildman–Crippen MR) is 151 cm³/mol. The van der Waals surface area contributed by atoms with Crippen LogP contribution in [0.3, 0.4) is 0 Å². The number of hydrogen-bond acceptors (Lipinski definition) is 2. The summed E-state index contributed by atoms with van der Waals surface area (Å²) >= 11 is 0. The summed E-state index contributed by atoms with van der Waals surface area (Å²) in [7, 11) is 0. The minimum atomic E-state index is -5.14. The Morgan fingerprint density at radius 3 is 1.37 bits per heavy atom. The third kappa shape index (κ3) is 10.9. The molecule has 0 N–H and O–H groups in total. The Balaban J connectivity index is 0.00000382. The number of nitriles is 1. The molecule has 0 saturated carbocycles. The number of aliphatic imine (C=N–C) groups is 1. The Morgan fingerprint density at radius 1 is 0.732 bits per heavy atom. The average molecular weight is 630 g/mol. The summed E-state index contributed by atoms with van der Waals surface area (Å²) < 4.78 is 85.1. The summed E-state index contributed by atoms with van der Waals surface area (Å²) in [6, 6.07) is 11.8. The molecule has 0 aliphatic rings. The number of benzene rings is 2. The molecule has 10 heteroatoms. The molecule has 0 unspecified atom stereocenters. The zero-order valence-electron chi connectivity index (χ0n) is 24.8. The van der Waals surface area contributed by atoms with Crippen LogP contribution in [0.5, 0.6) is 0 Å². The SMILES string of the molecule is CC#N.CC(C)c1cccc(C(C)C)c1N=C(/C=C(\[N-]c1c(C(C)C)cccc1C(C)C)C(F)(F)F)C(F)(F)F.[Cu+]. The maximum atomic E-state index is 14.2. The van der Waals surface area contributed by atoms with Crippen LogP contribution in [0.1, 0.15) is 108 Å². The fourth-order valence-electron chi connectivity index (χ4n) is 4.01. The number of rotatable bonds is 8. The van der Waals surface area contributed by atoms with Crippen LogP contribution in [0, 0.1) is 11.3 Å². The van der Waals surface area contributed by atoms with E-state index in [4.69, 9.17) is 5.26 Å². The van der Waals surface area contributed by atoms with Gasteiger partial charge in [-0.15, -0.1) is 5.69 Å². The molecule has 0 fully saturated rings. The van der Waals surface area contributed by atoms with Crippen molar-refractivity contribution in [2.45, 2.75) is 98.3 Å². The number of para-hydroxylation sites is 2. The Labute approximate surface area is 250 Å². The first-order valence-electron chi connectivity index (χ1n) is 13.1. The second kappa shape index (κ2) is 16.0. The third-order valence-electron chi connectivity index (χ3n) is 6.00. The van der Waals surface area contributed by atoms with Crippen LogP contribution >= 0.6 is 0 Å². The predicted octanol–water partition coefficient (Wildman–Crippen LogP) is 11.5. The number of halogens is 6. The largest absolute Gasteiger partial charge is 1.00 e. The van der Waals surface area contributed by atoms with Gasteiger partial charge in [0.1, 0.15) is 5.71 Å². The molecular weight excluding hydrogens is 592 g/mol. The summed E-state index contributed by atoms with van der Waals surface area (Å²) in [5.41, 5.74) is -1.10. The van der Waals surface area contributed by atoms with Crippen LogP contribution in [0.2, 0.25) is 0 Å². The molecule has 0 aliphatic heterocycles. The molecule has 2 rings (SSSR count). The molecular formula is C31H38CuF6N3. The number of hydrogen-bond donors (Lipinski definition) is 0. The van der Waals surface area contributed by atoms with Gasteiger partial charge in [0, 0.05) is 6.92 Å².